The zero-order valence-electron chi connectivity index (χ0n) is 15.8. The molecule has 1 fully saturated rings. The highest BCUT2D eigenvalue weighted by Gasteiger charge is 2.44. The zero-order chi connectivity index (χ0) is 21.9. The Morgan fingerprint density at radius 1 is 0.903 bits per heavy atom. The van der Waals surface area contributed by atoms with Gasteiger partial charge in [-0.05, 0) is 24.3 Å². The SMILES string of the molecule is O=c1oc2cc(O[C@@H]3OC(CO)[C@@H](O)[C@H](O)C3O)ccc2c2oc3cc(O)ccc3c12. The zero-order valence-corrected chi connectivity index (χ0v) is 15.8. The Morgan fingerprint density at radius 3 is 2.42 bits per heavy atom. The Kier molecular flexibility index (Phi) is 4.61. The standard InChI is InChI=1S/C21H18O10/c22-7-14-16(24)17(25)18(26)21(31-14)28-9-2-4-11-13(6-9)30-20(27)15-10-3-1-8(23)5-12(10)29-19(11)15/h1-6,14,16-18,21-26H,7H2/t14?,16-,17+,18?,21-/m1/s1. The predicted octanol–water partition coefficient (Wildman–Crippen LogP) is 0.577. The summed E-state index contributed by atoms with van der Waals surface area (Å²) in [7, 11) is 0. The van der Waals surface area contributed by atoms with Crippen molar-refractivity contribution in [1.29, 1.82) is 0 Å². The molecule has 5 rings (SSSR count). The van der Waals surface area contributed by atoms with E-state index in [9.17, 15) is 30.3 Å². The number of aliphatic hydroxyl groups excluding tert-OH is 4. The van der Waals surface area contributed by atoms with E-state index in [0.717, 1.165) is 0 Å². The smallest absolute Gasteiger partial charge is 0.348 e. The summed E-state index contributed by atoms with van der Waals surface area (Å²) >= 11 is 0. The number of benzene rings is 2. The lowest BCUT2D eigenvalue weighted by atomic mass is 9.99. The molecule has 10 nitrogen and oxygen atoms in total. The molecular weight excluding hydrogens is 412 g/mol. The monoisotopic (exact) mass is 430 g/mol. The summed E-state index contributed by atoms with van der Waals surface area (Å²) in [5.74, 6) is 0.142. The summed E-state index contributed by atoms with van der Waals surface area (Å²) in [4.78, 5) is 12.6. The lowest BCUT2D eigenvalue weighted by molar-refractivity contribution is -0.277. The summed E-state index contributed by atoms with van der Waals surface area (Å²) in [5, 5.41) is 50.1. The normalized spacial score (nSPS) is 26.6. The number of hydrogen-bond acceptors (Lipinski definition) is 10. The van der Waals surface area contributed by atoms with E-state index in [4.69, 9.17) is 18.3 Å². The van der Waals surface area contributed by atoms with E-state index in [1.807, 2.05) is 0 Å². The van der Waals surface area contributed by atoms with Gasteiger partial charge >= 0.3 is 5.63 Å². The molecule has 0 saturated carbocycles. The second kappa shape index (κ2) is 7.22. The van der Waals surface area contributed by atoms with Gasteiger partial charge in [-0.2, -0.15) is 0 Å². The van der Waals surface area contributed by atoms with Crippen LogP contribution in [0.4, 0.5) is 0 Å². The molecule has 1 aliphatic rings. The quantitative estimate of drug-likeness (QED) is 0.291. The molecule has 5 N–H and O–H groups in total. The van der Waals surface area contributed by atoms with Crippen molar-refractivity contribution in [3.63, 3.8) is 0 Å². The van der Waals surface area contributed by atoms with Gasteiger partial charge in [0.1, 0.15) is 52.5 Å². The number of rotatable bonds is 3. The van der Waals surface area contributed by atoms with Crippen LogP contribution in [-0.4, -0.2) is 62.8 Å². The van der Waals surface area contributed by atoms with Crippen LogP contribution in [-0.2, 0) is 4.74 Å². The first-order valence-corrected chi connectivity index (χ1v) is 9.46. The van der Waals surface area contributed by atoms with Gasteiger partial charge in [0.25, 0.3) is 0 Å². The summed E-state index contributed by atoms with van der Waals surface area (Å²) in [6.45, 7) is -0.586. The number of fused-ring (bicyclic) bond motifs is 5. The number of hydrogen-bond donors (Lipinski definition) is 5. The fourth-order valence-corrected chi connectivity index (χ4v) is 3.78. The third-order valence-corrected chi connectivity index (χ3v) is 5.38. The van der Waals surface area contributed by atoms with E-state index in [0.29, 0.717) is 16.4 Å². The fourth-order valence-electron chi connectivity index (χ4n) is 3.78. The van der Waals surface area contributed by atoms with Gasteiger partial charge in [0.15, 0.2) is 5.58 Å². The van der Waals surface area contributed by atoms with Crippen LogP contribution in [0.25, 0.3) is 32.9 Å². The van der Waals surface area contributed by atoms with Crippen LogP contribution in [0.2, 0.25) is 0 Å². The van der Waals surface area contributed by atoms with E-state index < -0.39 is 42.9 Å². The number of ether oxygens (including phenoxy) is 2. The molecular formula is C21H18O10. The van der Waals surface area contributed by atoms with Crippen LogP contribution in [0.5, 0.6) is 11.5 Å². The van der Waals surface area contributed by atoms with E-state index in [2.05, 4.69) is 0 Å². The molecule has 162 valence electrons. The van der Waals surface area contributed by atoms with Crippen molar-refractivity contribution >= 4 is 32.9 Å². The van der Waals surface area contributed by atoms with Crippen molar-refractivity contribution in [3.05, 3.63) is 46.8 Å². The van der Waals surface area contributed by atoms with Crippen molar-refractivity contribution in [3.8, 4) is 11.5 Å². The number of phenolic OH excluding ortho intramolecular Hbond substituents is 1. The van der Waals surface area contributed by atoms with Crippen molar-refractivity contribution in [2.45, 2.75) is 30.7 Å². The molecule has 5 atom stereocenters. The number of phenols is 1. The first kappa shape index (κ1) is 19.8. The van der Waals surface area contributed by atoms with Gasteiger partial charge in [0.2, 0.25) is 6.29 Å². The molecule has 0 aliphatic carbocycles. The highest BCUT2D eigenvalue weighted by atomic mass is 16.7. The van der Waals surface area contributed by atoms with Gasteiger partial charge in [0.05, 0.1) is 12.0 Å². The van der Waals surface area contributed by atoms with Crippen molar-refractivity contribution in [2.75, 3.05) is 6.61 Å². The molecule has 2 unspecified atom stereocenters. The van der Waals surface area contributed by atoms with Gasteiger partial charge in [0, 0.05) is 17.5 Å². The van der Waals surface area contributed by atoms with Crippen LogP contribution in [0.3, 0.4) is 0 Å². The molecule has 2 aromatic carbocycles. The second-order valence-electron chi connectivity index (χ2n) is 7.35. The molecule has 1 aliphatic heterocycles. The first-order chi connectivity index (χ1) is 14.9. The maximum absolute atomic E-state index is 12.6. The summed E-state index contributed by atoms with van der Waals surface area (Å²) in [6.07, 6.45) is -7.16. The molecule has 2 aromatic heterocycles. The van der Waals surface area contributed by atoms with E-state index in [-0.39, 0.29) is 28.1 Å². The molecule has 4 aromatic rings. The Morgan fingerprint density at radius 2 is 1.65 bits per heavy atom. The van der Waals surface area contributed by atoms with Gasteiger partial charge in [-0.3, -0.25) is 0 Å². The van der Waals surface area contributed by atoms with Crippen LogP contribution in [0.15, 0.2) is 50.0 Å². The minimum atomic E-state index is -1.58. The average Bonchev–Trinajstić information content (AvgIpc) is 3.13. The number of aliphatic hydroxyl groups is 4. The Labute approximate surface area is 173 Å². The molecule has 0 spiro atoms. The van der Waals surface area contributed by atoms with Crippen LogP contribution in [0.1, 0.15) is 0 Å². The molecule has 0 radical (unpaired) electrons. The maximum Gasteiger partial charge on any atom is 0.348 e. The van der Waals surface area contributed by atoms with Crippen molar-refractivity contribution in [2.24, 2.45) is 0 Å². The van der Waals surface area contributed by atoms with E-state index in [1.54, 1.807) is 12.1 Å². The van der Waals surface area contributed by atoms with E-state index >= 15 is 0 Å². The van der Waals surface area contributed by atoms with E-state index in [1.165, 1.54) is 24.3 Å². The van der Waals surface area contributed by atoms with Gasteiger partial charge in [-0.15, -0.1) is 0 Å². The highest BCUT2D eigenvalue weighted by Crippen LogP contribution is 2.35. The summed E-state index contributed by atoms with van der Waals surface area (Å²) in [5.41, 5.74) is 0.113. The molecule has 0 bridgehead atoms. The molecule has 10 heteroatoms. The van der Waals surface area contributed by atoms with Gasteiger partial charge < -0.3 is 43.8 Å². The highest BCUT2D eigenvalue weighted by molar-refractivity contribution is 6.13. The molecule has 0 amide bonds. The number of aromatic hydroxyl groups is 1. The van der Waals surface area contributed by atoms with Crippen molar-refractivity contribution < 1.29 is 43.8 Å². The third kappa shape index (κ3) is 3.12. The summed E-state index contributed by atoms with van der Waals surface area (Å²) in [6, 6.07) is 8.91. The van der Waals surface area contributed by atoms with Crippen LogP contribution >= 0.6 is 0 Å². The van der Waals surface area contributed by atoms with Gasteiger partial charge in [-0.1, -0.05) is 0 Å². The summed E-state index contributed by atoms with van der Waals surface area (Å²) < 4.78 is 22.1. The minimum absolute atomic E-state index is 0.00420. The first-order valence-electron chi connectivity index (χ1n) is 9.46. The topological polar surface area (TPSA) is 163 Å². The van der Waals surface area contributed by atoms with Gasteiger partial charge in [-0.25, -0.2) is 4.79 Å². The van der Waals surface area contributed by atoms with Crippen LogP contribution in [0, 0.1) is 0 Å². The molecule has 31 heavy (non-hydrogen) atoms. The fraction of sp³-hybridized carbons (Fsp3) is 0.286. The number of furan rings is 1. The Hall–Kier alpha value is -3.15. The predicted molar refractivity (Wildman–Crippen MR) is 106 cm³/mol. The third-order valence-electron chi connectivity index (χ3n) is 5.38. The lowest BCUT2D eigenvalue weighted by Crippen LogP contribution is -2.60. The Balaban J connectivity index is 1.55. The lowest BCUT2D eigenvalue weighted by Gasteiger charge is -2.39. The Bertz CT molecular complexity index is 1340. The average molecular weight is 430 g/mol. The second-order valence-corrected chi connectivity index (χ2v) is 7.35. The maximum atomic E-state index is 12.6. The molecule has 1 saturated heterocycles. The largest absolute Gasteiger partial charge is 0.508 e. The van der Waals surface area contributed by atoms with Crippen LogP contribution < -0.4 is 10.4 Å². The minimum Gasteiger partial charge on any atom is -0.508 e. The molecule has 3 heterocycles. The van der Waals surface area contributed by atoms with Crippen molar-refractivity contribution in [1.82, 2.24) is 0 Å².